The highest BCUT2D eigenvalue weighted by Crippen LogP contribution is 2.15. The van der Waals surface area contributed by atoms with Gasteiger partial charge in [-0.25, -0.2) is 4.98 Å². The Bertz CT molecular complexity index is 490. The summed E-state index contributed by atoms with van der Waals surface area (Å²) in [5.41, 5.74) is 0.709. The maximum Gasteiger partial charge on any atom is 0.243 e. The van der Waals surface area contributed by atoms with Crippen molar-refractivity contribution in [1.82, 2.24) is 15.2 Å². The molecule has 1 aliphatic heterocycles. The van der Waals surface area contributed by atoms with Crippen LogP contribution in [0.5, 0.6) is 5.88 Å². The summed E-state index contributed by atoms with van der Waals surface area (Å²) in [6.45, 7) is 2.26. The number of ether oxygens (including phenoxy) is 1. The first-order valence-electron chi connectivity index (χ1n) is 6.22. The van der Waals surface area contributed by atoms with Crippen molar-refractivity contribution in [2.24, 2.45) is 0 Å². The number of nitrogens with zero attached hydrogens (tertiary/aromatic N) is 2. The Morgan fingerprint density at radius 2 is 2.26 bits per heavy atom. The lowest BCUT2D eigenvalue weighted by molar-refractivity contribution is -0.146. The van der Waals surface area contributed by atoms with E-state index >= 15 is 0 Å². The van der Waals surface area contributed by atoms with E-state index in [1.807, 2.05) is 19.1 Å². The van der Waals surface area contributed by atoms with Crippen molar-refractivity contribution in [3.63, 3.8) is 0 Å². The Labute approximate surface area is 111 Å². The van der Waals surface area contributed by atoms with E-state index in [2.05, 4.69) is 10.3 Å². The van der Waals surface area contributed by atoms with Crippen LogP contribution in [0.2, 0.25) is 0 Å². The number of nitrogens with one attached hydrogen (secondary N) is 1. The first kappa shape index (κ1) is 13.3. The standard InChI is InChI=1S/C13H17N3O3/c1-3-10-13(18)14-7-12(17)16(10)8-9-5-4-6-11(15-9)19-2/h4-6,10H,3,7-8H2,1-2H3,(H,14,18). The molecule has 1 saturated heterocycles. The summed E-state index contributed by atoms with van der Waals surface area (Å²) >= 11 is 0. The summed E-state index contributed by atoms with van der Waals surface area (Å²) in [5, 5.41) is 2.60. The third-order valence-corrected chi connectivity index (χ3v) is 3.12. The van der Waals surface area contributed by atoms with E-state index in [9.17, 15) is 9.59 Å². The van der Waals surface area contributed by atoms with Gasteiger partial charge in [0.2, 0.25) is 17.7 Å². The minimum Gasteiger partial charge on any atom is -0.481 e. The van der Waals surface area contributed by atoms with Crippen LogP contribution in [0.3, 0.4) is 0 Å². The first-order valence-corrected chi connectivity index (χ1v) is 6.22. The molecule has 6 heteroatoms. The van der Waals surface area contributed by atoms with Gasteiger partial charge in [0.15, 0.2) is 0 Å². The van der Waals surface area contributed by atoms with Gasteiger partial charge in [0.25, 0.3) is 0 Å². The van der Waals surface area contributed by atoms with Gasteiger partial charge in [0.1, 0.15) is 6.04 Å². The number of amides is 2. The predicted octanol–water partition coefficient (Wildman–Crippen LogP) is 0.327. The summed E-state index contributed by atoms with van der Waals surface area (Å²) in [7, 11) is 1.54. The fourth-order valence-electron chi connectivity index (χ4n) is 2.14. The van der Waals surface area contributed by atoms with Gasteiger partial charge < -0.3 is 15.0 Å². The highest BCUT2D eigenvalue weighted by Gasteiger charge is 2.33. The molecule has 0 radical (unpaired) electrons. The molecule has 2 heterocycles. The van der Waals surface area contributed by atoms with Crippen LogP contribution in [0.4, 0.5) is 0 Å². The number of hydrogen-bond donors (Lipinski definition) is 1. The first-order chi connectivity index (χ1) is 9.15. The Morgan fingerprint density at radius 1 is 1.47 bits per heavy atom. The van der Waals surface area contributed by atoms with Crippen molar-refractivity contribution in [2.75, 3.05) is 13.7 Å². The summed E-state index contributed by atoms with van der Waals surface area (Å²) in [6, 6.07) is 4.95. The minimum atomic E-state index is -0.422. The molecule has 0 saturated carbocycles. The molecule has 0 aliphatic carbocycles. The maximum absolute atomic E-state index is 11.9. The van der Waals surface area contributed by atoms with E-state index in [-0.39, 0.29) is 18.4 Å². The lowest BCUT2D eigenvalue weighted by Crippen LogP contribution is -2.57. The van der Waals surface area contributed by atoms with Gasteiger partial charge in [0.05, 0.1) is 25.9 Å². The fourth-order valence-corrected chi connectivity index (χ4v) is 2.14. The SMILES string of the molecule is CCC1C(=O)NCC(=O)N1Cc1cccc(OC)n1. The molecule has 1 aromatic heterocycles. The largest absolute Gasteiger partial charge is 0.481 e. The van der Waals surface area contributed by atoms with Gasteiger partial charge in [0, 0.05) is 6.07 Å². The van der Waals surface area contributed by atoms with Crippen LogP contribution in [0.15, 0.2) is 18.2 Å². The molecule has 1 aromatic rings. The molecule has 0 spiro atoms. The van der Waals surface area contributed by atoms with Crippen LogP contribution in [0.25, 0.3) is 0 Å². The molecular formula is C13H17N3O3. The van der Waals surface area contributed by atoms with Gasteiger partial charge in [-0.2, -0.15) is 0 Å². The van der Waals surface area contributed by atoms with Crippen LogP contribution in [-0.2, 0) is 16.1 Å². The molecule has 6 nitrogen and oxygen atoms in total. The van der Waals surface area contributed by atoms with E-state index in [0.717, 1.165) is 0 Å². The fraction of sp³-hybridized carbons (Fsp3) is 0.462. The molecule has 1 aliphatic rings. The van der Waals surface area contributed by atoms with Crippen molar-refractivity contribution < 1.29 is 14.3 Å². The zero-order valence-electron chi connectivity index (χ0n) is 11.0. The number of carbonyl (C=O) groups is 2. The Hall–Kier alpha value is -2.11. The Balaban J connectivity index is 2.18. The zero-order valence-corrected chi connectivity index (χ0v) is 11.0. The minimum absolute atomic E-state index is 0.0549. The van der Waals surface area contributed by atoms with Gasteiger partial charge >= 0.3 is 0 Å². The van der Waals surface area contributed by atoms with Gasteiger partial charge in [-0.05, 0) is 12.5 Å². The van der Waals surface area contributed by atoms with E-state index in [4.69, 9.17) is 4.74 Å². The van der Waals surface area contributed by atoms with E-state index in [0.29, 0.717) is 24.5 Å². The smallest absolute Gasteiger partial charge is 0.243 e. The van der Waals surface area contributed by atoms with Gasteiger partial charge in [-0.1, -0.05) is 13.0 Å². The highest BCUT2D eigenvalue weighted by molar-refractivity contribution is 5.94. The summed E-state index contributed by atoms with van der Waals surface area (Å²) in [6.07, 6.45) is 0.585. The number of rotatable bonds is 4. The molecular weight excluding hydrogens is 246 g/mol. The molecule has 2 amide bonds. The molecule has 1 fully saturated rings. The molecule has 2 rings (SSSR count). The van der Waals surface area contributed by atoms with Crippen molar-refractivity contribution in [2.45, 2.75) is 25.9 Å². The predicted molar refractivity (Wildman–Crippen MR) is 68.4 cm³/mol. The number of aromatic nitrogens is 1. The van der Waals surface area contributed by atoms with Crippen molar-refractivity contribution in [1.29, 1.82) is 0 Å². The third kappa shape index (κ3) is 2.83. The van der Waals surface area contributed by atoms with Gasteiger partial charge in [-0.3, -0.25) is 9.59 Å². The van der Waals surface area contributed by atoms with Crippen LogP contribution in [0, 0.1) is 0 Å². The second kappa shape index (κ2) is 5.69. The van der Waals surface area contributed by atoms with Crippen molar-refractivity contribution in [3.05, 3.63) is 23.9 Å². The second-order valence-corrected chi connectivity index (χ2v) is 4.33. The number of piperazine rings is 1. The van der Waals surface area contributed by atoms with Crippen molar-refractivity contribution >= 4 is 11.8 Å². The van der Waals surface area contributed by atoms with E-state index in [1.165, 1.54) is 0 Å². The van der Waals surface area contributed by atoms with Crippen LogP contribution < -0.4 is 10.1 Å². The quantitative estimate of drug-likeness (QED) is 0.849. The molecule has 19 heavy (non-hydrogen) atoms. The lowest BCUT2D eigenvalue weighted by Gasteiger charge is -2.34. The lowest BCUT2D eigenvalue weighted by atomic mass is 10.1. The van der Waals surface area contributed by atoms with Crippen LogP contribution in [0.1, 0.15) is 19.0 Å². The van der Waals surface area contributed by atoms with E-state index < -0.39 is 6.04 Å². The Morgan fingerprint density at radius 3 is 2.95 bits per heavy atom. The molecule has 102 valence electrons. The number of hydrogen-bond acceptors (Lipinski definition) is 4. The number of carbonyl (C=O) groups excluding carboxylic acids is 2. The normalized spacial score (nSPS) is 19.3. The van der Waals surface area contributed by atoms with E-state index in [1.54, 1.807) is 18.1 Å². The summed E-state index contributed by atoms with van der Waals surface area (Å²) in [5.74, 6) is 0.306. The van der Waals surface area contributed by atoms with Crippen LogP contribution in [-0.4, -0.2) is 41.4 Å². The average Bonchev–Trinajstić information content (AvgIpc) is 2.43. The molecule has 0 aromatic carbocycles. The van der Waals surface area contributed by atoms with Crippen LogP contribution >= 0.6 is 0 Å². The second-order valence-electron chi connectivity index (χ2n) is 4.33. The van der Waals surface area contributed by atoms with Crippen molar-refractivity contribution in [3.8, 4) is 5.88 Å². The summed E-state index contributed by atoms with van der Waals surface area (Å²) < 4.78 is 5.05. The third-order valence-electron chi connectivity index (χ3n) is 3.12. The summed E-state index contributed by atoms with van der Waals surface area (Å²) in [4.78, 5) is 29.5. The maximum atomic E-state index is 11.9. The molecule has 1 N–H and O–H groups in total. The zero-order chi connectivity index (χ0) is 13.8. The Kier molecular flexibility index (Phi) is 3.99. The molecule has 1 atom stereocenters. The topological polar surface area (TPSA) is 71.5 Å². The number of pyridine rings is 1. The molecule has 1 unspecified atom stereocenters. The molecule has 0 bridgehead atoms. The monoisotopic (exact) mass is 263 g/mol. The average molecular weight is 263 g/mol. The highest BCUT2D eigenvalue weighted by atomic mass is 16.5. The van der Waals surface area contributed by atoms with Gasteiger partial charge in [-0.15, -0.1) is 0 Å². The number of methoxy groups -OCH3 is 1.